The van der Waals surface area contributed by atoms with Gasteiger partial charge < -0.3 is 23.5 Å². The summed E-state index contributed by atoms with van der Waals surface area (Å²) >= 11 is 1.50. The van der Waals surface area contributed by atoms with Crippen LogP contribution in [0.5, 0.6) is 5.75 Å². The summed E-state index contributed by atoms with van der Waals surface area (Å²) < 4.78 is 26.3. The van der Waals surface area contributed by atoms with E-state index in [0.717, 1.165) is 57.7 Å². The van der Waals surface area contributed by atoms with Gasteiger partial charge in [-0.1, -0.05) is 18.2 Å². The van der Waals surface area contributed by atoms with Gasteiger partial charge in [0.15, 0.2) is 0 Å². The Morgan fingerprint density at radius 3 is 2.63 bits per heavy atom. The minimum Gasteiger partial charge on any atom is -0.496 e. The molecule has 0 saturated carbocycles. The number of methoxy groups -OCH3 is 1. The van der Waals surface area contributed by atoms with Crippen LogP contribution >= 0.6 is 11.3 Å². The molecule has 4 aromatic rings. The van der Waals surface area contributed by atoms with Crippen molar-refractivity contribution in [1.29, 1.82) is 0 Å². The second kappa shape index (κ2) is 12.3. The number of nitrogens with zero attached hydrogens (tertiary/aromatic N) is 3. The third-order valence-corrected chi connectivity index (χ3v) is 10.1. The lowest BCUT2D eigenvalue weighted by Gasteiger charge is -2.32. The first-order valence-corrected chi connectivity index (χ1v) is 15.8. The van der Waals surface area contributed by atoms with Crippen molar-refractivity contribution < 1.29 is 23.4 Å². The molecular weight excluding hydrogens is 566 g/mol. The van der Waals surface area contributed by atoms with Crippen LogP contribution in [0.1, 0.15) is 62.3 Å². The summed E-state index contributed by atoms with van der Waals surface area (Å²) in [6.45, 7) is 8.37. The fourth-order valence-electron chi connectivity index (χ4n) is 6.31. The molecule has 10 heteroatoms. The minimum absolute atomic E-state index is 0.0335. The summed E-state index contributed by atoms with van der Waals surface area (Å²) in [6, 6.07) is 7.92. The largest absolute Gasteiger partial charge is 0.496 e. The predicted octanol–water partition coefficient (Wildman–Crippen LogP) is 5.87. The first-order chi connectivity index (χ1) is 20.8. The summed E-state index contributed by atoms with van der Waals surface area (Å²) in [6.07, 6.45) is 8.77. The number of aryl methyl sites for hydroxylation is 1. The molecule has 0 bridgehead atoms. The van der Waals surface area contributed by atoms with Crippen LogP contribution in [0.3, 0.4) is 0 Å². The highest BCUT2D eigenvalue weighted by Crippen LogP contribution is 2.41. The van der Waals surface area contributed by atoms with Crippen molar-refractivity contribution in [2.45, 2.75) is 70.6 Å². The van der Waals surface area contributed by atoms with Crippen molar-refractivity contribution in [1.82, 2.24) is 14.5 Å². The van der Waals surface area contributed by atoms with Gasteiger partial charge >= 0.3 is 0 Å². The van der Waals surface area contributed by atoms with E-state index < -0.39 is 5.54 Å². The van der Waals surface area contributed by atoms with Crippen LogP contribution in [0.2, 0.25) is 0 Å². The molecule has 3 aromatic heterocycles. The first kappa shape index (κ1) is 29.6. The van der Waals surface area contributed by atoms with Crippen LogP contribution < -0.4 is 10.3 Å². The zero-order chi connectivity index (χ0) is 30.1. The number of carbonyl (C=O) groups is 1. The van der Waals surface area contributed by atoms with Gasteiger partial charge in [0.1, 0.15) is 17.6 Å². The van der Waals surface area contributed by atoms with Gasteiger partial charge in [-0.25, -0.2) is 4.98 Å². The quantitative estimate of drug-likeness (QED) is 0.235. The number of likely N-dealkylation sites (tertiary alicyclic amines) is 1. The number of oxazole rings is 1. The number of benzene rings is 1. The number of rotatable bonds is 9. The normalized spacial score (nSPS) is 17.1. The van der Waals surface area contributed by atoms with Crippen molar-refractivity contribution in [2.24, 2.45) is 0 Å². The summed E-state index contributed by atoms with van der Waals surface area (Å²) in [5.74, 6) is 1.18. The summed E-state index contributed by atoms with van der Waals surface area (Å²) in [7, 11) is 1.67. The zero-order valence-corrected chi connectivity index (χ0v) is 26.1. The molecule has 1 aromatic carbocycles. The van der Waals surface area contributed by atoms with Crippen molar-refractivity contribution in [2.75, 3.05) is 33.4 Å². The van der Waals surface area contributed by atoms with Crippen molar-refractivity contribution in [3.8, 4) is 16.5 Å². The summed E-state index contributed by atoms with van der Waals surface area (Å²) in [5, 5.41) is 0.586. The Labute approximate surface area is 255 Å². The second-order valence-corrected chi connectivity index (χ2v) is 12.9. The number of aromatic nitrogens is 2. The van der Waals surface area contributed by atoms with E-state index in [2.05, 4.69) is 4.98 Å². The molecule has 2 aliphatic rings. The van der Waals surface area contributed by atoms with Gasteiger partial charge in [0.2, 0.25) is 11.8 Å². The topological polar surface area (TPSA) is 96.0 Å². The van der Waals surface area contributed by atoms with E-state index in [1.807, 2.05) is 56.1 Å². The Balaban J connectivity index is 1.52. The number of para-hydroxylation sites is 1. The van der Waals surface area contributed by atoms with E-state index in [1.165, 1.54) is 17.6 Å². The molecule has 5 heterocycles. The third kappa shape index (κ3) is 5.63. The summed E-state index contributed by atoms with van der Waals surface area (Å²) in [5.41, 5.74) is 1.39. The number of ether oxygens (including phenoxy) is 3. The average Bonchev–Trinajstić information content (AvgIpc) is 3.80. The SMILES string of the molecule is COc1ccccc1[C@H](Cc1cn(C(C)(C)C(=O)N2CCCC2)c(=O)c2c(C)c(-c3ncco3)sc12)OC1CCOCC1. The summed E-state index contributed by atoms with van der Waals surface area (Å²) in [4.78, 5) is 35.2. The minimum atomic E-state index is -1.08. The Morgan fingerprint density at radius 2 is 1.93 bits per heavy atom. The van der Waals surface area contributed by atoms with Crippen molar-refractivity contribution in [3.05, 3.63) is 70.0 Å². The van der Waals surface area contributed by atoms with Gasteiger partial charge in [-0.3, -0.25) is 14.2 Å². The molecule has 1 atom stereocenters. The monoisotopic (exact) mass is 605 g/mol. The van der Waals surface area contributed by atoms with Gasteiger partial charge in [0.25, 0.3) is 5.56 Å². The van der Waals surface area contributed by atoms with E-state index in [1.54, 1.807) is 17.9 Å². The number of hydrogen-bond acceptors (Lipinski definition) is 8. The lowest BCUT2D eigenvalue weighted by atomic mass is 9.97. The maximum absolute atomic E-state index is 14.3. The van der Waals surface area contributed by atoms with Crippen LogP contribution in [-0.2, 0) is 26.2 Å². The molecule has 0 N–H and O–H groups in total. The molecule has 2 saturated heterocycles. The number of amides is 1. The molecule has 6 rings (SSSR count). The molecule has 0 aliphatic carbocycles. The molecule has 2 fully saturated rings. The molecule has 2 aliphatic heterocycles. The molecule has 9 nitrogen and oxygen atoms in total. The fourth-order valence-corrected chi connectivity index (χ4v) is 7.57. The number of carbonyl (C=O) groups excluding carboxylic acids is 1. The van der Waals surface area contributed by atoms with Crippen LogP contribution in [0.15, 0.2) is 52.1 Å². The molecule has 0 spiro atoms. The number of thiophene rings is 1. The molecule has 0 radical (unpaired) electrons. The Morgan fingerprint density at radius 1 is 1.19 bits per heavy atom. The highest BCUT2D eigenvalue weighted by Gasteiger charge is 2.37. The van der Waals surface area contributed by atoms with Crippen LogP contribution in [0.25, 0.3) is 20.9 Å². The van der Waals surface area contributed by atoms with Gasteiger partial charge in [-0.15, -0.1) is 11.3 Å². The highest BCUT2D eigenvalue weighted by molar-refractivity contribution is 7.22. The molecule has 43 heavy (non-hydrogen) atoms. The smallest absolute Gasteiger partial charge is 0.260 e. The molecule has 228 valence electrons. The van der Waals surface area contributed by atoms with E-state index in [-0.39, 0.29) is 23.7 Å². The molecular formula is C33H39N3O6S. The number of hydrogen-bond donors (Lipinski definition) is 0. The number of pyridine rings is 1. The lowest BCUT2D eigenvalue weighted by molar-refractivity contribution is -0.138. The third-order valence-electron chi connectivity index (χ3n) is 8.72. The maximum Gasteiger partial charge on any atom is 0.260 e. The van der Waals surface area contributed by atoms with Gasteiger partial charge in [-0.2, -0.15) is 0 Å². The van der Waals surface area contributed by atoms with E-state index >= 15 is 0 Å². The van der Waals surface area contributed by atoms with Gasteiger partial charge in [0, 0.05) is 49.2 Å². The predicted molar refractivity (Wildman–Crippen MR) is 166 cm³/mol. The zero-order valence-electron chi connectivity index (χ0n) is 25.3. The Bertz CT molecular complexity index is 1650. The molecule has 1 amide bonds. The van der Waals surface area contributed by atoms with E-state index in [4.69, 9.17) is 18.6 Å². The van der Waals surface area contributed by atoms with E-state index in [0.29, 0.717) is 44.0 Å². The highest BCUT2D eigenvalue weighted by atomic mass is 32.1. The standard InChI is InChI=1S/C33H39N3O6S/c1-21-27-29(43-28(21)30-34-13-18-41-30)22(20-36(31(27)37)33(2,3)32(38)35-14-7-8-15-35)19-26(42-23-11-16-40-17-12-23)24-9-5-6-10-25(24)39-4/h5-6,9-10,13,18,20,23,26H,7-8,11-12,14-17,19H2,1-4H3/t26-/m0/s1. The van der Waals surface area contributed by atoms with Gasteiger partial charge in [-0.05, 0) is 63.6 Å². The van der Waals surface area contributed by atoms with Crippen LogP contribution in [-0.4, -0.2) is 59.9 Å². The van der Waals surface area contributed by atoms with Crippen molar-refractivity contribution >= 4 is 27.3 Å². The average molecular weight is 606 g/mol. The first-order valence-electron chi connectivity index (χ1n) is 15.0. The Hall–Kier alpha value is -3.47. The lowest BCUT2D eigenvalue weighted by Crippen LogP contribution is -2.49. The van der Waals surface area contributed by atoms with Crippen LogP contribution in [0, 0.1) is 6.92 Å². The Kier molecular flexibility index (Phi) is 8.44. The maximum atomic E-state index is 14.3. The van der Waals surface area contributed by atoms with Crippen LogP contribution in [0.4, 0.5) is 0 Å². The second-order valence-electron chi connectivity index (χ2n) is 11.9. The molecule has 0 unspecified atom stereocenters. The fraction of sp³-hybridized carbons (Fsp3) is 0.485. The van der Waals surface area contributed by atoms with E-state index in [9.17, 15) is 9.59 Å². The number of fused-ring (bicyclic) bond motifs is 1. The van der Waals surface area contributed by atoms with Gasteiger partial charge in [0.05, 0.1) is 35.8 Å². The van der Waals surface area contributed by atoms with Crippen molar-refractivity contribution in [3.63, 3.8) is 0 Å².